The van der Waals surface area contributed by atoms with Gasteiger partial charge in [-0.1, -0.05) is 60.3 Å². The van der Waals surface area contributed by atoms with E-state index in [-0.39, 0.29) is 12.4 Å². The molecule has 166 valence electrons. The van der Waals surface area contributed by atoms with Crippen molar-refractivity contribution in [2.75, 3.05) is 13.2 Å². The highest BCUT2D eigenvalue weighted by molar-refractivity contribution is 7.99. The molecular formula is C24H28O6S. The van der Waals surface area contributed by atoms with Crippen LogP contribution in [-0.2, 0) is 23.7 Å². The summed E-state index contributed by atoms with van der Waals surface area (Å²) in [5, 5.41) is 11.4. The fraction of sp³-hybridized carbons (Fsp3) is 0.500. The van der Waals surface area contributed by atoms with Crippen molar-refractivity contribution in [3.05, 3.63) is 66.2 Å². The Balaban J connectivity index is 1.35. The average Bonchev–Trinajstić information content (AvgIpc) is 2.83. The Hall–Kier alpha value is -1.45. The minimum Gasteiger partial charge on any atom is -0.387 e. The van der Waals surface area contributed by atoms with Gasteiger partial charge in [0.15, 0.2) is 12.6 Å². The number of aliphatic hydroxyl groups excluding tert-OH is 1. The summed E-state index contributed by atoms with van der Waals surface area (Å²) in [6, 6.07) is 19.8. The highest BCUT2D eigenvalue weighted by Gasteiger charge is 2.51. The molecule has 0 saturated carbocycles. The topological polar surface area (TPSA) is 66.4 Å². The lowest BCUT2D eigenvalue weighted by atomic mass is 9.98. The third-order valence-electron chi connectivity index (χ3n) is 5.82. The van der Waals surface area contributed by atoms with Gasteiger partial charge in [-0.3, -0.25) is 0 Å². The van der Waals surface area contributed by atoms with Crippen LogP contribution in [0.2, 0.25) is 0 Å². The molecule has 1 N–H and O–H groups in total. The van der Waals surface area contributed by atoms with Gasteiger partial charge in [-0.05, 0) is 31.4 Å². The molecule has 2 unspecified atom stereocenters. The van der Waals surface area contributed by atoms with E-state index in [4.69, 9.17) is 23.7 Å². The second-order valence-electron chi connectivity index (χ2n) is 8.04. The molecule has 0 spiro atoms. The minimum absolute atomic E-state index is 0.336. The number of thioether (sulfide) groups is 1. The summed E-state index contributed by atoms with van der Waals surface area (Å²) in [4.78, 5) is 1.05. The summed E-state index contributed by atoms with van der Waals surface area (Å²) in [5.74, 6) is 0. The van der Waals surface area contributed by atoms with Gasteiger partial charge in [0, 0.05) is 17.1 Å². The first-order chi connectivity index (χ1) is 15.3. The highest BCUT2D eigenvalue weighted by atomic mass is 32.2. The van der Waals surface area contributed by atoms with Gasteiger partial charge in [0.2, 0.25) is 0 Å². The standard InChI is InChI=1S/C24H28O6S/c25-20-21-18(15-27-23(30-21)16-9-3-1-4-10-16)28-24(31-17-11-5-2-6-12-17)22(20)29-19-13-7-8-14-26-19/h1-6,9-12,18-25H,7-8,13-15H2/t18-,19?,20+,21-,22-,23?,24+/m1/s1. The molecule has 2 aromatic carbocycles. The first-order valence-corrected chi connectivity index (χ1v) is 11.8. The second kappa shape index (κ2) is 10.0. The van der Waals surface area contributed by atoms with Crippen molar-refractivity contribution in [2.24, 2.45) is 0 Å². The van der Waals surface area contributed by atoms with Crippen LogP contribution < -0.4 is 0 Å². The summed E-state index contributed by atoms with van der Waals surface area (Å²) in [5.41, 5.74) is 0.520. The number of hydrogen-bond donors (Lipinski definition) is 1. The van der Waals surface area contributed by atoms with Gasteiger partial charge in [-0.15, -0.1) is 0 Å². The lowest BCUT2D eigenvalue weighted by Crippen LogP contribution is -2.62. The summed E-state index contributed by atoms with van der Waals surface area (Å²) in [6.07, 6.45) is -0.320. The number of hydrogen-bond acceptors (Lipinski definition) is 7. The minimum atomic E-state index is -0.861. The molecule has 7 atom stereocenters. The zero-order valence-electron chi connectivity index (χ0n) is 17.2. The average molecular weight is 445 g/mol. The van der Waals surface area contributed by atoms with Crippen LogP contribution in [0.4, 0.5) is 0 Å². The fourth-order valence-corrected chi connectivity index (χ4v) is 5.35. The maximum absolute atomic E-state index is 11.4. The molecular weight excluding hydrogens is 416 g/mol. The van der Waals surface area contributed by atoms with Gasteiger partial charge < -0.3 is 28.8 Å². The first kappa shape index (κ1) is 21.4. The van der Waals surface area contributed by atoms with Crippen LogP contribution in [-0.4, -0.2) is 54.5 Å². The number of benzene rings is 2. The summed E-state index contributed by atoms with van der Waals surface area (Å²) < 4.78 is 30.6. The van der Waals surface area contributed by atoms with Gasteiger partial charge in [-0.25, -0.2) is 0 Å². The zero-order valence-corrected chi connectivity index (χ0v) is 18.1. The van der Waals surface area contributed by atoms with Crippen molar-refractivity contribution in [3.8, 4) is 0 Å². The van der Waals surface area contributed by atoms with Crippen molar-refractivity contribution in [3.63, 3.8) is 0 Å². The molecule has 3 heterocycles. The van der Waals surface area contributed by atoms with Crippen LogP contribution in [0.5, 0.6) is 0 Å². The molecule has 3 fully saturated rings. The van der Waals surface area contributed by atoms with Gasteiger partial charge >= 0.3 is 0 Å². The van der Waals surface area contributed by atoms with E-state index in [2.05, 4.69) is 0 Å². The van der Waals surface area contributed by atoms with Crippen molar-refractivity contribution in [2.45, 2.75) is 66.6 Å². The molecule has 7 heteroatoms. The molecule has 2 aromatic rings. The van der Waals surface area contributed by atoms with Crippen molar-refractivity contribution in [1.29, 1.82) is 0 Å². The lowest BCUT2D eigenvalue weighted by Gasteiger charge is -2.48. The van der Waals surface area contributed by atoms with Crippen LogP contribution in [0.15, 0.2) is 65.6 Å². The molecule has 3 aliphatic heterocycles. The van der Waals surface area contributed by atoms with Crippen molar-refractivity contribution < 1.29 is 28.8 Å². The maximum Gasteiger partial charge on any atom is 0.184 e. The Morgan fingerprint density at radius 1 is 0.903 bits per heavy atom. The number of ether oxygens (including phenoxy) is 5. The normalized spacial score (nSPS) is 36.0. The third-order valence-corrected chi connectivity index (χ3v) is 6.98. The van der Waals surface area contributed by atoms with Crippen LogP contribution in [0.1, 0.15) is 31.1 Å². The molecule has 3 aliphatic rings. The predicted molar refractivity (Wildman–Crippen MR) is 115 cm³/mol. The van der Waals surface area contributed by atoms with E-state index in [1.54, 1.807) is 11.8 Å². The van der Waals surface area contributed by atoms with Crippen molar-refractivity contribution in [1.82, 2.24) is 0 Å². The van der Waals surface area contributed by atoms with E-state index in [0.29, 0.717) is 13.2 Å². The van der Waals surface area contributed by atoms with E-state index in [1.165, 1.54) is 0 Å². The zero-order chi connectivity index (χ0) is 21.0. The lowest BCUT2D eigenvalue weighted by molar-refractivity contribution is -0.335. The van der Waals surface area contributed by atoms with Crippen LogP contribution in [0.3, 0.4) is 0 Å². The predicted octanol–water partition coefficient (Wildman–Crippen LogP) is 3.89. The monoisotopic (exact) mass is 444 g/mol. The number of rotatable bonds is 5. The smallest absolute Gasteiger partial charge is 0.184 e. The molecule has 3 saturated heterocycles. The van der Waals surface area contributed by atoms with E-state index in [9.17, 15) is 5.11 Å². The van der Waals surface area contributed by atoms with Gasteiger partial charge in [0.05, 0.1) is 6.61 Å². The summed E-state index contributed by atoms with van der Waals surface area (Å²) >= 11 is 1.54. The Morgan fingerprint density at radius 2 is 1.68 bits per heavy atom. The summed E-state index contributed by atoms with van der Waals surface area (Å²) in [6.45, 7) is 1.02. The molecule has 0 aromatic heterocycles. The third kappa shape index (κ3) is 4.98. The van der Waals surface area contributed by atoms with Crippen LogP contribution in [0.25, 0.3) is 0 Å². The number of aliphatic hydroxyl groups is 1. The molecule has 5 rings (SSSR count). The van der Waals surface area contributed by atoms with Crippen molar-refractivity contribution >= 4 is 11.8 Å². The molecule has 31 heavy (non-hydrogen) atoms. The Kier molecular flexibility index (Phi) is 6.90. The molecule has 6 nitrogen and oxygen atoms in total. The van der Waals surface area contributed by atoms with Gasteiger partial charge in [0.25, 0.3) is 0 Å². The number of fused-ring (bicyclic) bond motifs is 1. The van der Waals surface area contributed by atoms with Crippen LogP contribution in [0, 0.1) is 0 Å². The maximum atomic E-state index is 11.4. The van der Waals surface area contributed by atoms with E-state index >= 15 is 0 Å². The van der Waals surface area contributed by atoms with Gasteiger partial charge in [-0.2, -0.15) is 0 Å². The fourth-order valence-electron chi connectivity index (χ4n) is 4.21. The van der Waals surface area contributed by atoms with E-state index in [1.807, 2.05) is 60.7 Å². The summed E-state index contributed by atoms with van der Waals surface area (Å²) in [7, 11) is 0. The molecule has 0 amide bonds. The van der Waals surface area contributed by atoms with Gasteiger partial charge in [0.1, 0.15) is 29.9 Å². The Morgan fingerprint density at radius 3 is 2.42 bits per heavy atom. The van der Waals surface area contributed by atoms with E-state index < -0.39 is 30.0 Å². The molecule has 0 aliphatic carbocycles. The van der Waals surface area contributed by atoms with Crippen LogP contribution >= 0.6 is 11.8 Å². The molecule has 0 radical (unpaired) electrons. The Labute approximate surface area is 186 Å². The van der Waals surface area contributed by atoms with E-state index in [0.717, 1.165) is 29.7 Å². The highest BCUT2D eigenvalue weighted by Crippen LogP contribution is 2.40. The SMILES string of the molecule is O[C@@H]1[C@@H](OC2CCCCO2)[C@H](Sc2ccccc2)O[C@@H]2COC(c3ccccc3)O[C@@H]12. The molecule has 0 bridgehead atoms. The first-order valence-electron chi connectivity index (χ1n) is 10.9. The largest absolute Gasteiger partial charge is 0.387 e. The quantitative estimate of drug-likeness (QED) is 0.750. The Bertz CT molecular complexity index is 815. The second-order valence-corrected chi connectivity index (χ2v) is 9.21.